The van der Waals surface area contributed by atoms with Crippen LogP contribution in [0.15, 0.2) is 54.6 Å². The first-order valence-corrected chi connectivity index (χ1v) is 11.5. The molecule has 2 aromatic rings. The molecule has 38 heavy (non-hydrogen) atoms. The van der Waals surface area contributed by atoms with E-state index in [0.29, 0.717) is 10.5 Å². The second kappa shape index (κ2) is 11.5. The van der Waals surface area contributed by atoms with Crippen LogP contribution in [0.4, 0.5) is 4.79 Å². The number of hydrogen-bond acceptors (Lipinski definition) is 7. The molecule has 0 radical (unpaired) electrons. The zero-order chi connectivity index (χ0) is 28.0. The molecule has 1 aliphatic heterocycles. The van der Waals surface area contributed by atoms with E-state index < -0.39 is 66.3 Å². The third-order valence-electron chi connectivity index (χ3n) is 6.04. The highest BCUT2D eigenvalue weighted by atomic mass is 16.4. The Morgan fingerprint density at radius 1 is 1.00 bits per heavy atom. The van der Waals surface area contributed by atoms with E-state index in [1.54, 1.807) is 42.5 Å². The SMILES string of the molecule is CC1(c2ccc(CN)cc2)NC(=O)N(CC(=O)N[C@@H](CC(=O)O)C(=O)N[C@H](C(=O)O)c2ccccc2)C1=O. The van der Waals surface area contributed by atoms with Crippen LogP contribution in [-0.4, -0.2) is 63.4 Å². The van der Waals surface area contributed by atoms with Gasteiger partial charge in [0, 0.05) is 6.54 Å². The number of nitrogens with zero attached hydrogens (tertiary/aromatic N) is 1. The minimum atomic E-state index is -1.68. The lowest BCUT2D eigenvalue weighted by Gasteiger charge is -2.23. The molecule has 1 saturated heterocycles. The summed E-state index contributed by atoms with van der Waals surface area (Å²) in [5.74, 6) is -5.64. The summed E-state index contributed by atoms with van der Waals surface area (Å²) in [4.78, 5) is 74.9. The first-order chi connectivity index (χ1) is 18.0. The number of amides is 5. The summed E-state index contributed by atoms with van der Waals surface area (Å²) in [6.07, 6.45) is -0.871. The van der Waals surface area contributed by atoms with Gasteiger partial charge in [-0.2, -0.15) is 0 Å². The van der Waals surface area contributed by atoms with E-state index in [1.807, 2.05) is 0 Å². The average molecular weight is 526 g/mol. The number of carbonyl (C=O) groups excluding carboxylic acids is 4. The number of benzene rings is 2. The topological polar surface area (TPSA) is 208 Å². The van der Waals surface area contributed by atoms with Gasteiger partial charge in [-0.3, -0.25) is 24.1 Å². The van der Waals surface area contributed by atoms with Crippen LogP contribution in [0, 0.1) is 0 Å². The summed E-state index contributed by atoms with van der Waals surface area (Å²) in [6.45, 7) is 0.956. The highest BCUT2D eigenvalue weighted by Crippen LogP contribution is 2.29. The van der Waals surface area contributed by atoms with E-state index in [0.717, 1.165) is 5.56 Å². The van der Waals surface area contributed by atoms with Crippen molar-refractivity contribution >= 4 is 35.7 Å². The molecule has 5 amide bonds. The van der Waals surface area contributed by atoms with Crippen LogP contribution in [-0.2, 0) is 36.1 Å². The Morgan fingerprint density at radius 3 is 2.18 bits per heavy atom. The van der Waals surface area contributed by atoms with Gasteiger partial charge in [-0.1, -0.05) is 54.6 Å². The first kappa shape index (κ1) is 27.8. The Balaban J connectivity index is 1.72. The summed E-state index contributed by atoms with van der Waals surface area (Å²) in [5.41, 5.74) is 5.62. The van der Waals surface area contributed by atoms with Gasteiger partial charge in [-0.05, 0) is 23.6 Å². The van der Waals surface area contributed by atoms with Crippen LogP contribution in [0.3, 0.4) is 0 Å². The predicted octanol–water partition coefficient (Wildman–Crippen LogP) is -0.186. The second-order valence-electron chi connectivity index (χ2n) is 8.76. The normalized spacial score (nSPS) is 18.3. The number of carboxylic acid groups (broad SMARTS) is 2. The maximum atomic E-state index is 13.1. The van der Waals surface area contributed by atoms with Crippen molar-refractivity contribution in [3.8, 4) is 0 Å². The highest BCUT2D eigenvalue weighted by molar-refractivity contribution is 6.09. The molecule has 3 atom stereocenters. The van der Waals surface area contributed by atoms with E-state index in [-0.39, 0.29) is 12.1 Å². The monoisotopic (exact) mass is 525 g/mol. The fourth-order valence-electron chi connectivity index (χ4n) is 3.95. The molecule has 200 valence electrons. The molecule has 2 aromatic carbocycles. The van der Waals surface area contributed by atoms with Gasteiger partial charge in [-0.15, -0.1) is 0 Å². The van der Waals surface area contributed by atoms with E-state index in [9.17, 15) is 39.0 Å². The van der Waals surface area contributed by atoms with Gasteiger partial charge in [0.1, 0.15) is 18.1 Å². The maximum Gasteiger partial charge on any atom is 0.330 e. The van der Waals surface area contributed by atoms with Gasteiger partial charge in [0.05, 0.1) is 6.42 Å². The number of nitrogens with two attached hydrogens (primary N) is 1. The van der Waals surface area contributed by atoms with Crippen LogP contribution >= 0.6 is 0 Å². The summed E-state index contributed by atoms with van der Waals surface area (Å²) in [7, 11) is 0. The van der Waals surface area contributed by atoms with Gasteiger partial charge < -0.3 is 31.9 Å². The Hall–Kier alpha value is -4.78. The minimum Gasteiger partial charge on any atom is -0.481 e. The van der Waals surface area contributed by atoms with Crippen LogP contribution in [0.1, 0.15) is 36.1 Å². The molecule has 1 fully saturated rings. The highest BCUT2D eigenvalue weighted by Gasteiger charge is 2.49. The lowest BCUT2D eigenvalue weighted by Crippen LogP contribution is -2.52. The fourth-order valence-corrected chi connectivity index (χ4v) is 3.95. The Labute approximate surface area is 217 Å². The number of rotatable bonds is 11. The molecule has 1 aliphatic rings. The molecule has 0 bridgehead atoms. The van der Waals surface area contributed by atoms with E-state index >= 15 is 0 Å². The summed E-state index contributed by atoms with van der Waals surface area (Å²) >= 11 is 0. The zero-order valence-corrected chi connectivity index (χ0v) is 20.3. The van der Waals surface area contributed by atoms with E-state index in [4.69, 9.17) is 5.73 Å². The van der Waals surface area contributed by atoms with Gasteiger partial charge >= 0.3 is 18.0 Å². The Morgan fingerprint density at radius 2 is 1.63 bits per heavy atom. The van der Waals surface area contributed by atoms with Crippen LogP contribution in [0.5, 0.6) is 0 Å². The quantitative estimate of drug-likeness (QED) is 0.215. The molecule has 3 rings (SSSR count). The molecule has 0 aromatic heterocycles. The number of carbonyl (C=O) groups is 6. The summed E-state index contributed by atoms with van der Waals surface area (Å²) in [5, 5.41) is 25.7. The summed E-state index contributed by atoms with van der Waals surface area (Å²) < 4.78 is 0. The number of imide groups is 1. The fraction of sp³-hybridized carbons (Fsp3) is 0.280. The van der Waals surface area contributed by atoms with Crippen molar-refractivity contribution in [1.82, 2.24) is 20.9 Å². The third kappa shape index (κ3) is 6.13. The largest absolute Gasteiger partial charge is 0.481 e. The summed E-state index contributed by atoms with van der Waals surface area (Å²) in [6, 6.07) is 10.3. The van der Waals surface area contributed by atoms with Crippen molar-refractivity contribution in [3.63, 3.8) is 0 Å². The van der Waals surface area contributed by atoms with Gasteiger partial charge in [0.2, 0.25) is 11.8 Å². The third-order valence-corrected chi connectivity index (χ3v) is 6.04. The van der Waals surface area contributed by atoms with Gasteiger partial charge in [0.25, 0.3) is 5.91 Å². The van der Waals surface area contributed by atoms with Gasteiger partial charge in [-0.25, -0.2) is 9.59 Å². The standard InChI is InChI=1S/C25H27N5O8/c1-25(16-9-7-14(12-26)8-10-16)23(37)30(24(38)29-25)13-18(31)27-17(11-19(32)33)21(34)28-20(22(35)36)15-5-3-2-4-6-15/h2-10,17,20H,11-13,26H2,1H3,(H,27,31)(H,28,34)(H,29,38)(H,32,33)(H,35,36)/t17-,20-,25?/m0/s1. The van der Waals surface area contributed by atoms with Gasteiger partial charge in [0.15, 0.2) is 6.04 Å². The lowest BCUT2D eigenvalue weighted by molar-refractivity contribution is -0.144. The molecule has 7 N–H and O–H groups in total. The smallest absolute Gasteiger partial charge is 0.330 e. The van der Waals surface area contributed by atoms with Crippen molar-refractivity contribution in [2.24, 2.45) is 5.73 Å². The van der Waals surface area contributed by atoms with Crippen molar-refractivity contribution in [2.45, 2.75) is 37.5 Å². The number of nitrogens with one attached hydrogen (secondary N) is 3. The second-order valence-corrected chi connectivity index (χ2v) is 8.76. The maximum absolute atomic E-state index is 13.1. The van der Waals surface area contributed by atoms with Crippen molar-refractivity contribution in [2.75, 3.05) is 6.54 Å². The molecule has 1 unspecified atom stereocenters. The number of urea groups is 1. The number of hydrogen-bond donors (Lipinski definition) is 6. The van der Waals surface area contributed by atoms with Crippen molar-refractivity contribution in [3.05, 3.63) is 71.3 Å². The molecule has 1 heterocycles. The Kier molecular flexibility index (Phi) is 8.43. The Bertz CT molecular complexity index is 1250. The molecule has 13 heteroatoms. The van der Waals surface area contributed by atoms with Crippen molar-refractivity contribution < 1.29 is 39.0 Å². The van der Waals surface area contributed by atoms with Crippen LogP contribution < -0.4 is 21.7 Å². The number of aliphatic carboxylic acids is 2. The minimum absolute atomic E-state index is 0.229. The van der Waals surface area contributed by atoms with Crippen molar-refractivity contribution in [1.29, 1.82) is 0 Å². The zero-order valence-electron chi connectivity index (χ0n) is 20.3. The number of carboxylic acids is 2. The molecular weight excluding hydrogens is 498 g/mol. The molecular formula is C25H27N5O8. The lowest BCUT2D eigenvalue weighted by atomic mass is 9.91. The first-order valence-electron chi connectivity index (χ1n) is 11.5. The molecule has 0 aliphatic carbocycles. The predicted molar refractivity (Wildman–Crippen MR) is 131 cm³/mol. The van der Waals surface area contributed by atoms with E-state index in [2.05, 4.69) is 16.0 Å². The van der Waals surface area contributed by atoms with Crippen LogP contribution in [0.2, 0.25) is 0 Å². The molecule has 0 saturated carbocycles. The average Bonchev–Trinajstić information content (AvgIpc) is 3.10. The molecule has 0 spiro atoms. The molecule has 13 nitrogen and oxygen atoms in total. The van der Waals surface area contributed by atoms with E-state index in [1.165, 1.54) is 19.1 Å². The van der Waals surface area contributed by atoms with Crippen LogP contribution in [0.25, 0.3) is 0 Å².